The van der Waals surface area contributed by atoms with E-state index in [1.165, 1.54) is 12.1 Å². The van der Waals surface area contributed by atoms with Crippen LogP contribution in [0.1, 0.15) is 37.0 Å². The van der Waals surface area contributed by atoms with Gasteiger partial charge in [-0.1, -0.05) is 6.07 Å². The molecule has 1 aromatic rings. The largest absolute Gasteiger partial charge is 0.352 e. The normalized spacial score (nSPS) is 18.3. The number of nitrogens with one attached hydrogen (secondary N) is 2. The van der Waals surface area contributed by atoms with Crippen LogP contribution in [-0.2, 0) is 14.8 Å². The van der Waals surface area contributed by atoms with Gasteiger partial charge in [0.05, 0.1) is 11.4 Å². The van der Waals surface area contributed by atoms with Gasteiger partial charge in [0.15, 0.2) is 0 Å². The van der Waals surface area contributed by atoms with Gasteiger partial charge in [-0.15, -0.1) is 0 Å². The lowest BCUT2D eigenvalue weighted by Crippen LogP contribution is -2.51. The van der Waals surface area contributed by atoms with Crippen LogP contribution < -0.4 is 10.0 Å². The van der Waals surface area contributed by atoms with Crippen molar-refractivity contribution in [1.82, 2.24) is 19.8 Å². The Hall–Kier alpha value is -1.97. The third-order valence-electron chi connectivity index (χ3n) is 4.75. The minimum Gasteiger partial charge on any atom is -0.352 e. The van der Waals surface area contributed by atoms with Crippen molar-refractivity contribution in [3.63, 3.8) is 0 Å². The summed E-state index contributed by atoms with van der Waals surface area (Å²) >= 11 is 0. The molecular formula is C19H28N4O4S. The maximum atomic E-state index is 12.8. The first-order chi connectivity index (χ1) is 13.2. The SMILES string of the molecule is CC(C)NS(=O)(=O)c1cccc(C(=O)N2CCN(CC(=O)NC3CC3)CC2)c1. The Morgan fingerprint density at radius 2 is 1.82 bits per heavy atom. The summed E-state index contributed by atoms with van der Waals surface area (Å²) in [5, 5.41) is 2.97. The van der Waals surface area contributed by atoms with Crippen molar-refractivity contribution in [3.05, 3.63) is 29.8 Å². The summed E-state index contributed by atoms with van der Waals surface area (Å²) < 4.78 is 27.2. The fourth-order valence-electron chi connectivity index (χ4n) is 3.17. The molecule has 1 aliphatic carbocycles. The molecule has 0 atom stereocenters. The fourth-order valence-corrected chi connectivity index (χ4v) is 4.47. The van der Waals surface area contributed by atoms with Crippen LogP contribution in [-0.4, -0.2) is 74.8 Å². The zero-order valence-corrected chi connectivity index (χ0v) is 17.2. The molecule has 1 heterocycles. The van der Waals surface area contributed by atoms with Crippen molar-refractivity contribution in [2.45, 2.75) is 43.7 Å². The second-order valence-corrected chi connectivity index (χ2v) is 9.43. The Labute approximate surface area is 166 Å². The van der Waals surface area contributed by atoms with E-state index in [0.29, 0.717) is 44.3 Å². The molecular weight excluding hydrogens is 380 g/mol. The zero-order valence-electron chi connectivity index (χ0n) is 16.3. The van der Waals surface area contributed by atoms with Gasteiger partial charge in [-0.2, -0.15) is 0 Å². The number of rotatable bonds is 7. The minimum atomic E-state index is -3.65. The van der Waals surface area contributed by atoms with Gasteiger partial charge >= 0.3 is 0 Å². The molecule has 8 nitrogen and oxygen atoms in total. The highest BCUT2D eigenvalue weighted by atomic mass is 32.2. The van der Waals surface area contributed by atoms with Gasteiger partial charge in [-0.3, -0.25) is 14.5 Å². The van der Waals surface area contributed by atoms with Crippen LogP contribution in [0.2, 0.25) is 0 Å². The molecule has 0 radical (unpaired) electrons. The molecule has 0 aromatic heterocycles. The third kappa shape index (κ3) is 5.52. The summed E-state index contributed by atoms with van der Waals surface area (Å²) in [4.78, 5) is 28.5. The van der Waals surface area contributed by atoms with Crippen LogP contribution in [0.25, 0.3) is 0 Å². The van der Waals surface area contributed by atoms with Crippen molar-refractivity contribution in [3.8, 4) is 0 Å². The van der Waals surface area contributed by atoms with E-state index in [4.69, 9.17) is 0 Å². The predicted octanol–water partition coefficient (Wildman–Crippen LogP) is 0.410. The first-order valence-corrected chi connectivity index (χ1v) is 11.2. The Bertz CT molecular complexity index is 828. The Balaban J connectivity index is 1.57. The number of carbonyl (C=O) groups is 2. The Morgan fingerprint density at radius 3 is 2.43 bits per heavy atom. The van der Waals surface area contributed by atoms with Crippen LogP contribution in [0.4, 0.5) is 0 Å². The van der Waals surface area contributed by atoms with Gasteiger partial charge in [-0.25, -0.2) is 13.1 Å². The molecule has 3 rings (SSSR count). The second-order valence-electron chi connectivity index (χ2n) is 7.71. The van der Waals surface area contributed by atoms with Crippen LogP contribution >= 0.6 is 0 Å². The third-order valence-corrected chi connectivity index (χ3v) is 6.41. The number of amides is 2. The summed E-state index contributed by atoms with van der Waals surface area (Å²) in [6.45, 7) is 6.11. The molecule has 2 fully saturated rings. The van der Waals surface area contributed by atoms with Crippen LogP contribution in [0.15, 0.2) is 29.2 Å². The summed E-state index contributed by atoms with van der Waals surface area (Å²) in [7, 11) is -3.65. The number of sulfonamides is 1. The highest BCUT2D eigenvalue weighted by Crippen LogP contribution is 2.18. The van der Waals surface area contributed by atoms with E-state index in [2.05, 4.69) is 10.0 Å². The van der Waals surface area contributed by atoms with E-state index in [9.17, 15) is 18.0 Å². The summed E-state index contributed by atoms with van der Waals surface area (Å²) in [6, 6.07) is 6.24. The summed E-state index contributed by atoms with van der Waals surface area (Å²) in [5.41, 5.74) is 0.353. The predicted molar refractivity (Wildman–Crippen MR) is 105 cm³/mol. The van der Waals surface area contributed by atoms with Gasteiger partial charge in [0.1, 0.15) is 0 Å². The molecule has 0 bridgehead atoms. The molecule has 1 aromatic carbocycles. The molecule has 28 heavy (non-hydrogen) atoms. The monoisotopic (exact) mass is 408 g/mol. The zero-order chi connectivity index (χ0) is 20.3. The lowest BCUT2D eigenvalue weighted by Gasteiger charge is -2.34. The molecule has 1 aliphatic heterocycles. The molecule has 0 unspecified atom stereocenters. The van der Waals surface area contributed by atoms with E-state index in [1.807, 2.05) is 4.90 Å². The number of piperazine rings is 1. The maximum Gasteiger partial charge on any atom is 0.253 e. The van der Waals surface area contributed by atoms with Crippen molar-refractivity contribution < 1.29 is 18.0 Å². The average Bonchev–Trinajstić information content (AvgIpc) is 3.44. The Kier molecular flexibility index (Phi) is 6.36. The van der Waals surface area contributed by atoms with Crippen molar-refractivity contribution in [2.75, 3.05) is 32.7 Å². The molecule has 1 saturated heterocycles. The highest BCUT2D eigenvalue weighted by Gasteiger charge is 2.27. The lowest BCUT2D eigenvalue weighted by atomic mass is 10.2. The minimum absolute atomic E-state index is 0.0397. The molecule has 2 aliphatic rings. The topological polar surface area (TPSA) is 98.8 Å². The number of hydrogen-bond acceptors (Lipinski definition) is 5. The van der Waals surface area contributed by atoms with Gasteiger partial charge < -0.3 is 10.2 Å². The second kappa shape index (κ2) is 8.59. The summed E-state index contributed by atoms with van der Waals surface area (Å²) in [5.74, 6) is -0.151. The van der Waals surface area contributed by atoms with Crippen molar-refractivity contribution in [2.24, 2.45) is 0 Å². The number of hydrogen-bond donors (Lipinski definition) is 2. The van der Waals surface area contributed by atoms with Crippen LogP contribution in [0, 0.1) is 0 Å². The van der Waals surface area contributed by atoms with Crippen LogP contribution in [0.3, 0.4) is 0 Å². The van der Waals surface area contributed by atoms with Crippen molar-refractivity contribution >= 4 is 21.8 Å². The van der Waals surface area contributed by atoms with E-state index >= 15 is 0 Å². The number of nitrogens with zero attached hydrogens (tertiary/aromatic N) is 2. The fraction of sp³-hybridized carbons (Fsp3) is 0.579. The molecule has 9 heteroatoms. The smallest absolute Gasteiger partial charge is 0.253 e. The van der Waals surface area contributed by atoms with E-state index < -0.39 is 10.0 Å². The van der Waals surface area contributed by atoms with Crippen LogP contribution in [0.5, 0.6) is 0 Å². The van der Waals surface area contributed by atoms with Gasteiger partial charge in [-0.05, 0) is 44.9 Å². The van der Waals surface area contributed by atoms with E-state index in [1.54, 1.807) is 30.9 Å². The number of carbonyl (C=O) groups excluding carboxylic acids is 2. The maximum absolute atomic E-state index is 12.8. The highest BCUT2D eigenvalue weighted by molar-refractivity contribution is 7.89. The number of benzene rings is 1. The lowest BCUT2D eigenvalue weighted by molar-refractivity contribution is -0.122. The molecule has 154 valence electrons. The average molecular weight is 409 g/mol. The Morgan fingerprint density at radius 1 is 1.14 bits per heavy atom. The van der Waals surface area contributed by atoms with Gasteiger partial charge in [0.2, 0.25) is 15.9 Å². The molecule has 2 amide bonds. The first kappa shape index (κ1) is 20.8. The molecule has 0 spiro atoms. The quantitative estimate of drug-likeness (QED) is 0.681. The molecule has 2 N–H and O–H groups in total. The van der Waals surface area contributed by atoms with E-state index in [0.717, 1.165) is 12.8 Å². The summed E-state index contributed by atoms with van der Waals surface area (Å²) in [6.07, 6.45) is 2.13. The first-order valence-electron chi connectivity index (χ1n) is 9.68. The van der Waals surface area contributed by atoms with Gasteiger partial charge in [0, 0.05) is 43.8 Å². The van der Waals surface area contributed by atoms with E-state index in [-0.39, 0.29) is 22.8 Å². The molecule has 1 saturated carbocycles. The van der Waals surface area contributed by atoms with Crippen molar-refractivity contribution in [1.29, 1.82) is 0 Å². The van der Waals surface area contributed by atoms with Gasteiger partial charge in [0.25, 0.3) is 5.91 Å². The standard InChI is InChI=1S/C19H28N4O4S/c1-14(2)21-28(26,27)17-5-3-4-15(12-17)19(25)23-10-8-22(9-11-23)13-18(24)20-16-6-7-16/h3-5,12,14,16,21H,6-11,13H2,1-2H3,(H,20,24).